The second-order valence-corrected chi connectivity index (χ2v) is 5.32. The van der Waals surface area contributed by atoms with Crippen molar-refractivity contribution in [2.45, 2.75) is 0 Å². The van der Waals surface area contributed by atoms with Gasteiger partial charge in [0.15, 0.2) is 0 Å². The van der Waals surface area contributed by atoms with E-state index in [0.29, 0.717) is 25.1 Å². The van der Waals surface area contributed by atoms with E-state index >= 15 is 0 Å². The zero-order chi connectivity index (χ0) is 14.7. The SMILES string of the molecule is CN1CCN(Nc2nc(N)nc(N3CCOCC3)n2)CC1. The van der Waals surface area contributed by atoms with Crippen LogP contribution in [0.15, 0.2) is 0 Å². The van der Waals surface area contributed by atoms with Crippen molar-refractivity contribution >= 4 is 17.8 Å². The fourth-order valence-corrected chi connectivity index (χ4v) is 2.40. The molecule has 1 aromatic heterocycles. The van der Waals surface area contributed by atoms with E-state index in [0.717, 1.165) is 39.3 Å². The number of nitrogen functional groups attached to an aromatic ring is 1. The Morgan fingerprint density at radius 3 is 2.43 bits per heavy atom. The van der Waals surface area contributed by atoms with E-state index in [1.165, 1.54) is 0 Å². The second kappa shape index (κ2) is 6.37. The molecule has 2 aliphatic heterocycles. The quantitative estimate of drug-likeness (QED) is 0.717. The first-order valence-electron chi connectivity index (χ1n) is 7.25. The number of likely N-dealkylation sites (N-methyl/N-ethyl adjacent to an activating group) is 1. The lowest BCUT2D eigenvalue weighted by Gasteiger charge is -2.32. The Kier molecular flexibility index (Phi) is 4.32. The first kappa shape index (κ1) is 14.2. The molecule has 0 atom stereocenters. The number of nitrogens with zero attached hydrogens (tertiary/aromatic N) is 6. The molecule has 0 aromatic carbocycles. The van der Waals surface area contributed by atoms with Gasteiger partial charge in [-0.3, -0.25) is 5.43 Å². The van der Waals surface area contributed by atoms with Crippen LogP contribution >= 0.6 is 0 Å². The van der Waals surface area contributed by atoms with Gasteiger partial charge in [0, 0.05) is 39.3 Å². The number of aromatic nitrogens is 3. The Bertz CT molecular complexity index is 470. The molecular weight excluding hydrogens is 272 g/mol. The van der Waals surface area contributed by atoms with Crippen LogP contribution < -0.4 is 16.1 Å². The van der Waals surface area contributed by atoms with Crippen LogP contribution in [0.25, 0.3) is 0 Å². The van der Waals surface area contributed by atoms with Crippen molar-refractivity contribution in [3.8, 4) is 0 Å². The van der Waals surface area contributed by atoms with Crippen LogP contribution in [0.4, 0.5) is 17.8 Å². The van der Waals surface area contributed by atoms with Crippen LogP contribution in [0.3, 0.4) is 0 Å². The summed E-state index contributed by atoms with van der Waals surface area (Å²) in [6, 6.07) is 0. The van der Waals surface area contributed by atoms with Crippen LogP contribution in [0.1, 0.15) is 0 Å². The number of nitrogens with two attached hydrogens (primary N) is 1. The van der Waals surface area contributed by atoms with Crippen molar-refractivity contribution in [1.82, 2.24) is 24.9 Å². The molecule has 0 amide bonds. The van der Waals surface area contributed by atoms with Gasteiger partial charge in [0.05, 0.1) is 13.2 Å². The first-order valence-corrected chi connectivity index (χ1v) is 7.25. The van der Waals surface area contributed by atoms with Gasteiger partial charge in [0.25, 0.3) is 0 Å². The average Bonchev–Trinajstić information content (AvgIpc) is 2.50. The number of piperazine rings is 1. The summed E-state index contributed by atoms with van der Waals surface area (Å²) in [6.07, 6.45) is 0. The van der Waals surface area contributed by atoms with Crippen LogP contribution in [-0.4, -0.2) is 84.4 Å². The summed E-state index contributed by atoms with van der Waals surface area (Å²) in [7, 11) is 2.12. The highest BCUT2D eigenvalue weighted by molar-refractivity contribution is 5.41. The zero-order valence-corrected chi connectivity index (χ0v) is 12.3. The molecule has 0 radical (unpaired) electrons. The molecule has 9 nitrogen and oxygen atoms in total. The van der Waals surface area contributed by atoms with Crippen molar-refractivity contribution in [2.75, 3.05) is 75.6 Å². The molecule has 116 valence electrons. The van der Waals surface area contributed by atoms with Crippen LogP contribution in [-0.2, 0) is 4.74 Å². The van der Waals surface area contributed by atoms with Crippen molar-refractivity contribution < 1.29 is 4.74 Å². The fraction of sp³-hybridized carbons (Fsp3) is 0.750. The zero-order valence-electron chi connectivity index (χ0n) is 12.3. The van der Waals surface area contributed by atoms with E-state index in [1.807, 2.05) is 0 Å². The normalized spacial score (nSPS) is 21.5. The Labute approximate surface area is 124 Å². The van der Waals surface area contributed by atoms with Gasteiger partial charge < -0.3 is 20.3 Å². The molecule has 0 aliphatic carbocycles. The lowest BCUT2D eigenvalue weighted by molar-refractivity contribution is 0.122. The molecule has 3 rings (SSSR count). The summed E-state index contributed by atoms with van der Waals surface area (Å²) >= 11 is 0. The summed E-state index contributed by atoms with van der Waals surface area (Å²) in [4.78, 5) is 17.2. The largest absolute Gasteiger partial charge is 0.378 e. The number of hydrazine groups is 1. The van der Waals surface area contributed by atoms with Gasteiger partial charge in [-0.25, -0.2) is 5.01 Å². The number of hydrogen-bond donors (Lipinski definition) is 2. The molecule has 2 saturated heterocycles. The predicted molar refractivity (Wildman–Crippen MR) is 80.0 cm³/mol. The molecule has 9 heteroatoms. The number of rotatable bonds is 3. The molecule has 3 heterocycles. The van der Waals surface area contributed by atoms with E-state index in [4.69, 9.17) is 10.5 Å². The second-order valence-electron chi connectivity index (χ2n) is 5.32. The molecule has 2 aliphatic rings. The third-order valence-corrected chi connectivity index (χ3v) is 3.70. The molecular formula is C12H22N8O. The fourth-order valence-electron chi connectivity index (χ4n) is 2.40. The number of ether oxygens (including phenoxy) is 1. The third kappa shape index (κ3) is 3.69. The summed E-state index contributed by atoms with van der Waals surface area (Å²) in [5, 5.41) is 2.11. The van der Waals surface area contributed by atoms with Crippen LogP contribution in [0.5, 0.6) is 0 Å². The molecule has 0 unspecified atom stereocenters. The lowest BCUT2D eigenvalue weighted by atomic mass is 10.4. The summed E-state index contributed by atoms with van der Waals surface area (Å²) < 4.78 is 5.34. The summed E-state index contributed by atoms with van der Waals surface area (Å²) in [6.45, 7) is 6.81. The van der Waals surface area contributed by atoms with Gasteiger partial charge in [-0.15, -0.1) is 0 Å². The average molecular weight is 294 g/mol. The molecule has 0 saturated carbocycles. The minimum Gasteiger partial charge on any atom is -0.378 e. The standard InChI is InChI=1S/C12H22N8O/c1-18-2-4-20(5-3-18)17-11-14-10(13)15-12(16-11)19-6-8-21-9-7-19/h2-9H2,1H3,(H3,13,14,15,16,17). The Hall–Kier alpha value is -1.71. The minimum atomic E-state index is 0.239. The number of morpholine rings is 1. The molecule has 2 fully saturated rings. The van der Waals surface area contributed by atoms with E-state index in [9.17, 15) is 0 Å². The Morgan fingerprint density at radius 1 is 1.00 bits per heavy atom. The Balaban J connectivity index is 1.68. The predicted octanol–water partition coefficient (Wildman–Crippen LogP) is -1.14. The summed E-state index contributed by atoms with van der Waals surface area (Å²) in [5.41, 5.74) is 9.03. The molecule has 0 spiro atoms. The van der Waals surface area contributed by atoms with E-state index < -0.39 is 0 Å². The van der Waals surface area contributed by atoms with Crippen LogP contribution in [0.2, 0.25) is 0 Å². The Morgan fingerprint density at radius 2 is 1.71 bits per heavy atom. The topological polar surface area (TPSA) is 95.7 Å². The van der Waals surface area contributed by atoms with E-state index in [2.05, 4.69) is 42.2 Å². The molecule has 0 bridgehead atoms. The number of anilines is 3. The maximum atomic E-state index is 5.81. The van der Waals surface area contributed by atoms with Gasteiger partial charge in [-0.2, -0.15) is 15.0 Å². The van der Waals surface area contributed by atoms with Crippen molar-refractivity contribution in [3.63, 3.8) is 0 Å². The van der Waals surface area contributed by atoms with Crippen LogP contribution in [0, 0.1) is 0 Å². The smallest absolute Gasteiger partial charge is 0.244 e. The highest BCUT2D eigenvalue weighted by atomic mass is 16.5. The monoisotopic (exact) mass is 294 g/mol. The third-order valence-electron chi connectivity index (χ3n) is 3.70. The van der Waals surface area contributed by atoms with Gasteiger partial charge in [-0.05, 0) is 7.05 Å². The van der Waals surface area contributed by atoms with Crippen molar-refractivity contribution in [3.05, 3.63) is 0 Å². The van der Waals surface area contributed by atoms with Gasteiger partial charge in [0.1, 0.15) is 0 Å². The highest BCUT2D eigenvalue weighted by Gasteiger charge is 2.18. The maximum absolute atomic E-state index is 5.81. The minimum absolute atomic E-state index is 0.239. The molecule has 3 N–H and O–H groups in total. The van der Waals surface area contributed by atoms with Gasteiger partial charge in [-0.1, -0.05) is 0 Å². The number of nitrogens with one attached hydrogen (secondary N) is 1. The number of hydrogen-bond acceptors (Lipinski definition) is 9. The lowest BCUT2D eigenvalue weighted by Crippen LogP contribution is -2.47. The first-order chi connectivity index (χ1) is 10.2. The highest BCUT2D eigenvalue weighted by Crippen LogP contribution is 2.14. The van der Waals surface area contributed by atoms with Crippen molar-refractivity contribution in [2.24, 2.45) is 0 Å². The van der Waals surface area contributed by atoms with E-state index in [-0.39, 0.29) is 5.95 Å². The molecule has 1 aromatic rings. The molecule has 21 heavy (non-hydrogen) atoms. The summed E-state index contributed by atoms with van der Waals surface area (Å²) in [5.74, 6) is 1.36. The maximum Gasteiger partial charge on any atom is 0.244 e. The van der Waals surface area contributed by atoms with Crippen molar-refractivity contribution in [1.29, 1.82) is 0 Å². The van der Waals surface area contributed by atoms with E-state index in [1.54, 1.807) is 0 Å². The van der Waals surface area contributed by atoms with Gasteiger partial charge in [0.2, 0.25) is 17.8 Å². The van der Waals surface area contributed by atoms with Gasteiger partial charge >= 0.3 is 0 Å².